The molecule has 0 fully saturated rings. The van der Waals surface area contributed by atoms with E-state index in [4.69, 9.17) is 0 Å². The van der Waals surface area contributed by atoms with Gasteiger partial charge in [0, 0.05) is 6.42 Å². The van der Waals surface area contributed by atoms with Gasteiger partial charge in [-0.1, -0.05) is 37.3 Å². The first-order valence-electron chi connectivity index (χ1n) is 7.23. The van der Waals surface area contributed by atoms with Crippen molar-refractivity contribution in [3.63, 3.8) is 0 Å². The second-order valence-electron chi connectivity index (χ2n) is 5.01. The van der Waals surface area contributed by atoms with Crippen molar-refractivity contribution in [1.29, 1.82) is 0 Å². The molecule has 122 valence electrons. The molecule has 0 aliphatic carbocycles. The van der Waals surface area contributed by atoms with Gasteiger partial charge in [0.15, 0.2) is 0 Å². The summed E-state index contributed by atoms with van der Waals surface area (Å²) in [6.45, 7) is 2.29. The van der Waals surface area contributed by atoms with Gasteiger partial charge in [-0.05, 0) is 32.8 Å². The fourth-order valence-corrected chi connectivity index (χ4v) is 2.67. The fraction of sp³-hybridized carbons (Fsp3) is 0.333. The third kappa shape index (κ3) is 4.62. The highest BCUT2D eigenvalue weighted by Crippen LogP contribution is 2.22. The van der Waals surface area contributed by atoms with Crippen molar-refractivity contribution < 1.29 is 9.72 Å². The fourth-order valence-electron chi connectivity index (χ4n) is 2.21. The molecule has 1 N–H and O–H groups in total. The Morgan fingerprint density at radius 2 is 2.13 bits per heavy atom. The van der Waals surface area contributed by atoms with Crippen LogP contribution in [0.25, 0.3) is 0 Å². The highest BCUT2D eigenvalue weighted by Gasteiger charge is 2.19. The van der Waals surface area contributed by atoms with Gasteiger partial charge in [-0.3, -0.25) is 4.79 Å². The number of hydrogen-bond acceptors (Lipinski definition) is 4. The molecule has 1 unspecified atom stereocenters. The predicted octanol–water partition coefficient (Wildman–Crippen LogP) is 3.21. The van der Waals surface area contributed by atoms with Gasteiger partial charge in [0.25, 0.3) is 0 Å². The number of aryl methyl sites for hydroxylation is 1. The second kappa shape index (κ2) is 7.87. The third-order valence-corrected chi connectivity index (χ3v) is 3.94. The molecule has 1 aromatic heterocycles. The molecule has 2 aromatic rings. The van der Waals surface area contributed by atoms with Gasteiger partial charge >= 0.3 is 5.82 Å². The second-order valence-corrected chi connectivity index (χ2v) is 5.86. The molecule has 0 bridgehead atoms. The van der Waals surface area contributed by atoms with Crippen LogP contribution in [0.2, 0.25) is 0 Å². The molecule has 0 aliphatic heterocycles. The maximum absolute atomic E-state index is 12.1. The highest BCUT2D eigenvalue weighted by atomic mass is 79.9. The monoisotopic (exact) mass is 380 g/mol. The lowest BCUT2D eigenvalue weighted by molar-refractivity contribution is -0.390. The average molecular weight is 381 g/mol. The summed E-state index contributed by atoms with van der Waals surface area (Å²) in [5.41, 5.74) is 1.06. The lowest BCUT2D eigenvalue weighted by atomic mass is 10.0. The van der Waals surface area contributed by atoms with Gasteiger partial charge in [-0.25, -0.2) is 0 Å². The first-order valence-corrected chi connectivity index (χ1v) is 8.02. The third-order valence-electron chi connectivity index (χ3n) is 3.39. The van der Waals surface area contributed by atoms with E-state index in [1.807, 2.05) is 37.3 Å². The normalized spacial score (nSPS) is 11.9. The summed E-state index contributed by atoms with van der Waals surface area (Å²) in [5, 5.41) is 17.5. The van der Waals surface area contributed by atoms with E-state index in [0.29, 0.717) is 4.47 Å². The quantitative estimate of drug-likeness (QED) is 0.589. The minimum Gasteiger partial charge on any atom is -0.358 e. The summed E-state index contributed by atoms with van der Waals surface area (Å²) < 4.78 is 1.70. The Balaban J connectivity index is 1.92. The number of rotatable bonds is 7. The van der Waals surface area contributed by atoms with Gasteiger partial charge in [-0.15, -0.1) is 0 Å². The van der Waals surface area contributed by atoms with Crippen molar-refractivity contribution in [2.75, 3.05) is 0 Å². The first-order chi connectivity index (χ1) is 11.0. The summed E-state index contributed by atoms with van der Waals surface area (Å²) in [7, 11) is 0. The van der Waals surface area contributed by atoms with E-state index in [-0.39, 0.29) is 30.7 Å². The molecule has 7 nitrogen and oxygen atoms in total. The van der Waals surface area contributed by atoms with E-state index < -0.39 is 4.92 Å². The number of aromatic nitrogens is 2. The zero-order valence-corrected chi connectivity index (χ0v) is 14.2. The molecule has 1 amide bonds. The van der Waals surface area contributed by atoms with E-state index in [2.05, 4.69) is 26.3 Å². The largest absolute Gasteiger partial charge is 0.404 e. The SMILES string of the molecule is CCC(NC(=O)CCn1cc(Br)c([N+](=O)[O-])n1)c1ccccc1. The molecule has 0 aliphatic rings. The lowest BCUT2D eigenvalue weighted by Crippen LogP contribution is -2.28. The van der Waals surface area contributed by atoms with Crippen molar-refractivity contribution in [3.8, 4) is 0 Å². The molecule has 1 heterocycles. The van der Waals surface area contributed by atoms with Gasteiger partial charge in [0.1, 0.15) is 4.47 Å². The Kier molecular flexibility index (Phi) is 5.86. The van der Waals surface area contributed by atoms with Crippen LogP contribution in [0.15, 0.2) is 41.0 Å². The molecule has 1 atom stereocenters. The van der Waals surface area contributed by atoms with Crippen LogP contribution in [0, 0.1) is 10.1 Å². The standard InChI is InChI=1S/C15H17BrN4O3/c1-2-13(11-6-4-3-5-7-11)17-14(21)8-9-19-10-12(16)15(18-19)20(22)23/h3-7,10,13H,2,8-9H2,1H3,(H,17,21). The summed E-state index contributed by atoms with van der Waals surface area (Å²) >= 11 is 3.08. The van der Waals surface area contributed by atoms with Gasteiger partial charge in [-0.2, -0.15) is 4.68 Å². The van der Waals surface area contributed by atoms with Crippen LogP contribution in [0.1, 0.15) is 31.4 Å². The average Bonchev–Trinajstić information content (AvgIpc) is 2.92. The minimum absolute atomic E-state index is 0.0395. The Labute approximate surface area is 142 Å². The zero-order chi connectivity index (χ0) is 16.8. The Hall–Kier alpha value is -2.22. The van der Waals surface area contributed by atoms with Crippen molar-refractivity contribution in [1.82, 2.24) is 15.1 Å². The van der Waals surface area contributed by atoms with Crippen molar-refractivity contribution >= 4 is 27.7 Å². The molecule has 23 heavy (non-hydrogen) atoms. The smallest absolute Gasteiger partial charge is 0.358 e. The number of nitro groups is 1. The molecule has 0 saturated carbocycles. The number of hydrogen-bond donors (Lipinski definition) is 1. The lowest BCUT2D eigenvalue weighted by Gasteiger charge is -2.17. The molecule has 8 heteroatoms. The summed E-state index contributed by atoms with van der Waals surface area (Å²) in [6.07, 6.45) is 2.49. The number of benzene rings is 1. The summed E-state index contributed by atoms with van der Waals surface area (Å²) in [6, 6.07) is 9.71. The number of nitrogens with zero attached hydrogens (tertiary/aromatic N) is 3. The summed E-state index contributed by atoms with van der Waals surface area (Å²) in [4.78, 5) is 22.3. The highest BCUT2D eigenvalue weighted by molar-refractivity contribution is 9.10. The maximum atomic E-state index is 12.1. The zero-order valence-electron chi connectivity index (χ0n) is 12.6. The molecular formula is C15H17BrN4O3. The number of nitrogens with one attached hydrogen (secondary N) is 1. The van der Waals surface area contributed by atoms with Crippen LogP contribution in [-0.4, -0.2) is 20.6 Å². The van der Waals surface area contributed by atoms with Crippen LogP contribution in [-0.2, 0) is 11.3 Å². The molecule has 2 rings (SSSR count). The van der Waals surface area contributed by atoms with Crippen molar-refractivity contribution in [2.24, 2.45) is 0 Å². The number of carbonyl (C=O) groups is 1. The van der Waals surface area contributed by atoms with E-state index in [1.165, 1.54) is 10.9 Å². The summed E-state index contributed by atoms with van der Waals surface area (Å²) in [5.74, 6) is -0.365. The first kappa shape index (κ1) is 17.1. The van der Waals surface area contributed by atoms with Crippen molar-refractivity contribution in [3.05, 3.63) is 56.7 Å². The van der Waals surface area contributed by atoms with Crippen LogP contribution in [0.4, 0.5) is 5.82 Å². The van der Waals surface area contributed by atoms with E-state index in [1.54, 1.807) is 0 Å². The number of carbonyl (C=O) groups excluding carboxylic acids is 1. The molecule has 0 radical (unpaired) electrons. The Bertz CT molecular complexity index is 687. The Morgan fingerprint density at radius 3 is 2.70 bits per heavy atom. The van der Waals surface area contributed by atoms with Crippen LogP contribution in [0.3, 0.4) is 0 Å². The van der Waals surface area contributed by atoms with Gasteiger partial charge in [0.2, 0.25) is 5.91 Å². The number of amides is 1. The van der Waals surface area contributed by atoms with E-state index >= 15 is 0 Å². The molecular weight excluding hydrogens is 364 g/mol. The molecule has 0 spiro atoms. The predicted molar refractivity (Wildman–Crippen MR) is 88.8 cm³/mol. The van der Waals surface area contributed by atoms with Gasteiger partial charge in [0.05, 0.1) is 23.9 Å². The van der Waals surface area contributed by atoms with Crippen LogP contribution < -0.4 is 5.32 Å². The minimum atomic E-state index is -0.566. The molecule has 0 saturated heterocycles. The number of halogens is 1. The van der Waals surface area contributed by atoms with E-state index in [9.17, 15) is 14.9 Å². The topological polar surface area (TPSA) is 90.1 Å². The Morgan fingerprint density at radius 1 is 1.43 bits per heavy atom. The van der Waals surface area contributed by atoms with Gasteiger partial charge < -0.3 is 15.4 Å². The van der Waals surface area contributed by atoms with Crippen LogP contribution >= 0.6 is 15.9 Å². The van der Waals surface area contributed by atoms with Crippen LogP contribution in [0.5, 0.6) is 0 Å². The van der Waals surface area contributed by atoms with E-state index in [0.717, 1.165) is 12.0 Å². The maximum Gasteiger partial charge on any atom is 0.404 e. The van der Waals surface area contributed by atoms with Crippen molar-refractivity contribution in [2.45, 2.75) is 32.4 Å². The molecule has 1 aromatic carbocycles.